The number of amides is 1. The lowest BCUT2D eigenvalue weighted by Gasteiger charge is -2.31. The zero-order valence-electron chi connectivity index (χ0n) is 19.5. The Morgan fingerprint density at radius 1 is 1.00 bits per heavy atom. The Kier molecular flexibility index (Phi) is 5.88. The SMILES string of the molecule is COc1ccc(OC)c(-c2cc(C(=O)N3CCC(c4c[nH]c5ccc(OC)cc45)CC3)no2)c1. The Morgan fingerprint density at radius 3 is 2.47 bits per heavy atom. The van der Waals surface area contributed by atoms with E-state index in [1.165, 1.54) is 10.9 Å². The number of benzene rings is 2. The molecule has 0 saturated carbocycles. The second-order valence-corrected chi connectivity index (χ2v) is 8.36. The number of likely N-dealkylation sites (tertiary alicyclic amines) is 1. The van der Waals surface area contributed by atoms with Crippen LogP contribution in [0.1, 0.15) is 34.8 Å². The van der Waals surface area contributed by atoms with Crippen LogP contribution in [0.25, 0.3) is 22.2 Å². The summed E-state index contributed by atoms with van der Waals surface area (Å²) in [6, 6.07) is 13.1. The Morgan fingerprint density at radius 2 is 1.74 bits per heavy atom. The van der Waals surface area contributed by atoms with E-state index in [-0.39, 0.29) is 11.6 Å². The molecule has 0 radical (unpaired) electrons. The normalized spacial score (nSPS) is 14.4. The van der Waals surface area contributed by atoms with Gasteiger partial charge in [0.1, 0.15) is 17.2 Å². The number of piperidine rings is 1. The van der Waals surface area contributed by atoms with Crippen LogP contribution < -0.4 is 14.2 Å². The first kappa shape index (κ1) is 21.9. The number of fused-ring (bicyclic) bond motifs is 1. The van der Waals surface area contributed by atoms with E-state index in [9.17, 15) is 4.79 Å². The molecule has 0 atom stereocenters. The van der Waals surface area contributed by atoms with Gasteiger partial charge in [-0.3, -0.25) is 4.79 Å². The molecule has 4 aromatic rings. The van der Waals surface area contributed by atoms with Gasteiger partial charge in [0.15, 0.2) is 11.5 Å². The highest BCUT2D eigenvalue weighted by Gasteiger charge is 2.28. The smallest absolute Gasteiger partial charge is 0.276 e. The zero-order chi connectivity index (χ0) is 23.7. The topological polar surface area (TPSA) is 89.8 Å². The van der Waals surface area contributed by atoms with Crippen molar-refractivity contribution in [1.29, 1.82) is 0 Å². The largest absolute Gasteiger partial charge is 0.497 e. The van der Waals surface area contributed by atoms with Gasteiger partial charge in [-0.15, -0.1) is 0 Å². The Labute approximate surface area is 197 Å². The molecular formula is C26H27N3O5. The summed E-state index contributed by atoms with van der Waals surface area (Å²) in [5.41, 5.74) is 3.34. The van der Waals surface area contributed by atoms with Crippen LogP contribution in [-0.2, 0) is 0 Å². The molecule has 0 bridgehead atoms. The lowest BCUT2D eigenvalue weighted by molar-refractivity contribution is 0.0703. The van der Waals surface area contributed by atoms with Gasteiger partial charge in [0.25, 0.3) is 5.91 Å². The fourth-order valence-corrected chi connectivity index (χ4v) is 4.65. The molecule has 1 fully saturated rings. The average Bonchev–Trinajstić information content (AvgIpc) is 3.55. The number of rotatable bonds is 6. The molecular weight excluding hydrogens is 434 g/mol. The first-order chi connectivity index (χ1) is 16.6. The zero-order valence-corrected chi connectivity index (χ0v) is 19.5. The quantitative estimate of drug-likeness (QED) is 0.441. The molecule has 176 valence electrons. The van der Waals surface area contributed by atoms with Gasteiger partial charge in [-0.2, -0.15) is 0 Å². The van der Waals surface area contributed by atoms with Gasteiger partial charge in [-0.05, 0) is 60.7 Å². The van der Waals surface area contributed by atoms with Gasteiger partial charge >= 0.3 is 0 Å². The van der Waals surface area contributed by atoms with Crippen molar-refractivity contribution in [2.75, 3.05) is 34.4 Å². The summed E-state index contributed by atoms with van der Waals surface area (Å²) in [4.78, 5) is 18.3. The Bertz CT molecular complexity index is 1320. The van der Waals surface area contributed by atoms with Crippen LogP contribution in [0.2, 0.25) is 0 Å². The van der Waals surface area contributed by atoms with Crippen LogP contribution in [0.15, 0.2) is 53.2 Å². The minimum atomic E-state index is -0.129. The predicted molar refractivity (Wildman–Crippen MR) is 128 cm³/mol. The number of aromatic amines is 1. The highest BCUT2D eigenvalue weighted by molar-refractivity contribution is 5.93. The van der Waals surface area contributed by atoms with E-state index in [0.29, 0.717) is 41.8 Å². The Balaban J connectivity index is 1.30. The standard InChI is InChI=1S/C26H27N3O5/c1-31-17-4-6-22-19(12-17)21(15-27-22)16-8-10-29(11-9-16)26(30)23-14-25(34-28-23)20-13-18(32-2)5-7-24(20)33-3/h4-7,12-16,27H,8-11H2,1-3H3. The van der Waals surface area contributed by atoms with Crippen molar-refractivity contribution in [1.82, 2.24) is 15.0 Å². The number of carbonyl (C=O) groups is 1. The van der Waals surface area contributed by atoms with E-state index in [4.69, 9.17) is 18.7 Å². The van der Waals surface area contributed by atoms with E-state index < -0.39 is 0 Å². The molecule has 8 heteroatoms. The second kappa shape index (κ2) is 9.13. The van der Waals surface area contributed by atoms with Crippen molar-refractivity contribution >= 4 is 16.8 Å². The average molecular weight is 462 g/mol. The molecule has 1 amide bonds. The Hall–Kier alpha value is -3.94. The molecule has 3 heterocycles. The summed E-state index contributed by atoms with van der Waals surface area (Å²) in [7, 11) is 4.86. The number of methoxy groups -OCH3 is 3. The number of nitrogens with one attached hydrogen (secondary N) is 1. The lowest BCUT2D eigenvalue weighted by atomic mass is 9.89. The number of hydrogen-bond acceptors (Lipinski definition) is 6. The maximum Gasteiger partial charge on any atom is 0.276 e. The number of H-pyrrole nitrogens is 1. The third kappa shape index (κ3) is 3.96. The number of aromatic nitrogens is 2. The third-order valence-electron chi connectivity index (χ3n) is 6.54. The number of ether oxygens (including phenoxy) is 3. The second-order valence-electron chi connectivity index (χ2n) is 8.36. The molecule has 1 saturated heterocycles. The van der Waals surface area contributed by atoms with Crippen molar-refractivity contribution in [3.05, 3.63) is 59.9 Å². The van der Waals surface area contributed by atoms with Crippen molar-refractivity contribution in [3.8, 4) is 28.6 Å². The van der Waals surface area contributed by atoms with Gasteiger partial charge in [-0.1, -0.05) is 5.16 Å². The molecule has 2 aromatic heterocycles. The highest BCUT2D eigenvalue weighted by Crippen LogP contribution is 2.36. The van der Waals surface area contributed by atoms with Crippen LogP contribution in [0.4, 0.5) is 0 Å². The first-order valence-electron chi connectivity index (χ1n) is 11.2. The van der Waals surface area contributed by atoms with Crippen LogP contribution >= 0.6 is 0 Å². The summed E-state index contributed by atoms with van der Waals surface area (Å²) < 4.78 is 21.6. The van der Waals surface area contributed by atoms with Crippen LogP contribution in [0, 0.1) is 0 Å². The van der Waals surface area contributed by atoms with E-state index in [2.05, 4.69) is 22.4 Å². The molecule has 2 aromatic carbocycles. The first-order valence-corrected chi connectivity index (χ1v) is 11.2. The molecule has 34 heavy (non-hydrogen) atoms. The van der Waals surface area contributed by atoms with Gasteiger partial charge in [0.05, 0.1) is 26.9 Å². The molecule has 1 N–H and O–H groups in total. The van der Waals surface area contributed by atoms with E-state index in [0.717, 1.165) is 24.1 Å². The lowest BCUT2D eigenvalue weighted by Crippen LogP contribution is -2.38. The number of hydrogen-bond donors (Lipinski definition) is 1. The van der Waals surface area contributed by atoms with Crippen molar-refractivity contribution < 1.29 is 23.5 Å². The molecule has 5 rings (SSSR count). The fourth-order valence-electron chi connectivity index (χ4n) is 4.65. The summed E-state index contributed by atoms with van der Waals surface area (Å²) in [5.74, 6) is 2.83. The monoisotopic (exact) mass is 461 g/mol. The minimum Gasteiger partial charge on any atom is -0.497 e. The molecule has 1 aliphatic rings. The third-order valence-corrected chi connectivity index (χ3v) is 6.54. The summed E-state index contributed by atoms with van der Waals surface area (Å²) in [6.07, 6.45) is 3.84. The highest BCUT2D eigenvalue weighted by atomic mass is 16.5. The van der Waals surface area contributed by atoms with Gasteiger partial charge < -0.3 is 28.6 Å². The predicted octanol–water partition coefficient (Wildman–Crippen LogP) is 4.87. The van der Waals surface area contributed by atoms with Gasteiger partial charge in [0, 0.05) is 36.3 Å². The van der Waals surface area contributed by atoms with Gasteiger partial charge in [0.2, 0.25) is 0 Å². The maximum atomic E-state index is 13.1. The van der Waals surface area contributed by atoms with Crippen molar-refractivity contribution in [2.45, 2.75) is 18.8 Å². The van der Waals surface area contributed by atoms with E-state index in [1.54, 1.807) is 45.6 Å². The van der Waals surface area contributed by atoms with Crippen molar-refractivity contribution in [2.24, 2.45) is 0 Å². The van der Waals surface area contributed by atoms with Gasteiger partial charge in [-0.25, -0.2) is 0 Å². The molecule has 0 aliphatic carbocycles. The van der Waals surface area contributed by atoms with E-state index >= 15 is 0 Å². The summed E-state index contributed by atoms with van der Waals surface area (Å²) >= 11 is 0. The van der Waals surface area contributed by atoms with Crippen molar-refractivity contribution in [3.63, 3.8) is 0 Å². The van der Waals surface area contributed by atoms with Crippen LogP contribution in [-0.4, -0.2) is 55.4 Å². The molecule has 8 nitrogen and oxygen atoms in total. The minimum absolute atomic E-state index is 0.129. The fraction of sp³-hybridized carbons (Fsp3) is 0.308. The van der Waals surface area contributed by atoms with Crippen LogP contribution in [0.5, 0.6) is 17.2 Å². The number of carbonyl (C=O) groups excluding carboxylic acids is 1. The maximum absolute atomic E-state index is 13.1. The molecule has 0 spiro atoms. The number of nitrogens with zero attached hydrogens (tertiary/aromatic N) is 2. The summed E-state index contributed by atoms with van der Waals surface area (Å²) in [6.45, 7) is 1.32. The molecule has 0 unspecified atom stereocenters. The van der Waals surface area contributed by atoms with Crippen LogP contribution in [0.3, 0.4) is 0 Å². The molecule has 1 aliphatic heterocycles. The summed E-state index contributed by atoms with van der Waals surface area (Å²) in [5, 5.41) is 5.22. The van der Waals surface area contributed by atoms with E-state index in [1.807, 2.05) is 17.0 Å².